The quantitative estimate of drug-likeness (QED) is 0.417. The lowest BCUT2D eigenvalue weighted by Crippen LogP contribution is -2.52. The van der Waals surface area contributed by atoms with Gasteiger partial charge in [0.25, 0.3) is 0 Å². The third-order valence-corrected chi connectivity index (χ3v) is 4.68. The number of nitrogens with zero attached hydrogens (tertiary/aromatic N) is 6. The molecule has 1 saturated heterocycles. The molecule has 136 valence electrons. The molecule has 1 aliphatic heterocycles. The molecule has 3 rings (SSSR count). The highest BCUT2D eigenvalue weighted by Crippen LogP contribution is 2.13. The van der Waals surface area contributed by atoms with Crippen LogP contribution in [-0.2, 0) is 6.54 Å². The van der Waals surface area contributed by atoms with Gasteiger partial charge in [-0.15, -0.1) is 35.3 Å². The maximum atomic E-state index is 4.75. The van der Waals surface area contributed by atoms with Crippen molar-refractivity contribution in [3.63, 3.8) is 0 Å². The van der Waals surface area contributed by atoms with E-state index in [0.717, 1.165) is 49.6 Å². The Morgan fingerprint density at radius 1 is 1.20 bits per heavy atom. The van der Waals surface area contributed by atoms with E-state index in [0.29, 0.717) is 6.54 Å². The van der Waals surface area contributed by atoms with Crippen molar-refractivity contribution in [2.45, 2.75) is 20.4 Å². The summed E-state index contributed by atoms with van der Waals surface area (Å²) in [6.45, 7) is 9.25. The molecule has 3 heterocycles. The first-order valence-corrected chi connectivity index (χ1v) is 9.04. The van der Waals surface area contributed by atoms with E-state index in [-0.39, 0.29) is 24.0 Å². The zero-order valence-electron chi connectivity index (χ0n) is 14.6. The van der Waals surface area contributed by atoms with E-state index in [2.05, 4.69) is 43.9 Å². The van der Waals surface area contributed by atoms with E-state index in [1.807, 2.05) is 12.3 Å². The summed E-state index contributed by atoms with van der Waals surface area (Å²) in [5, 5.41) is 4.44. The molecule has 0 spiro atoms. The normalized spacial score (nSPS) is 15.0. The van der Waals surface area contributed by atoms with Crippen LogP contribution in [-0.4, -0.2) is 58.5 Å². The van der Waals surface area contributed by atoms with Crippen LogP contribution in [0.1, 0.15) is 16.8 Å². The van der Waals surface area contributed by atoms with Crippen molar-refractivity contribution >= 4 is 47.2 Å². The number of thiazole rings is 1. The molecule has 0 atom stereocenters. The SMILES string of the molecule is CCNC(=NCc1ncc(C)s1)N1CCN(c2ncccn2)CC1.I. The van der Waals surface area contributed by atoms with Crippen LogP contribution < -0.4 is 10.2 Å². The number of hydrogen-bond donors (Lipinski definition) is 1. The number of nitrogens with one attached hydrogen (secondary N) is 1. The van der Waals surface area contributed by atoms with Crippen LogP contribution in [0, 0.1) is 6.92 Å². The van der Waals surface area contributed by atoms with E-state index in [1.54, 1.807) is 23.7 Å². The molecule has 0 bridgehead atoms. The van der Waals surface area contributed by atoms with Gasteiger partial charge in [0.15, 0.2) is 5.96 Å². The lowest BCUT2D eigenvalue weighted by molar-refractivity contribution is 0.370. The third kappa shape index (κ3) is 5.50. The van der Waals surface area contributed by atoms with Crippen LogP contribution in [0.4, 0.5) is 5.95 Å². The minimum Gasteiger partial charge on any atom is -0.357 e. The van der Waals surface area contributed by atoms with Crippen molar-refractivity contribution < 1.29 is 0 Å². The van der Waals surface area contributed by atoms with Crippen molar-refractivity contribution in [2.24, 2.45) is 4.99 Å². The molecule has 9 heteroatoms. The zero-order chi connectivity index (χ0) is 16.8. The van der Waals surface area contributed by atoms with E-state index in [4.69, 9.17) is 4.99 Å². The number of halogens is 1. The Morgan fingerprint density at radius 3 is 2.52 bits per heavy atom. The van der Waals surface area contributed by atoms with Gasteiger partial charge in [-0.25, -0.2) is 19.9 Å². The summed E-state index contributed by atoms with van der Waals surface area (Å²) < 4.78 is 0. The molecule has 1 N–H and O–H groups in total. The number of hydrogen-bond acceptors (Lipinski definition) is 6. The maximum Gasteiger partial charge on any atom is 0.225 e. The van der Waals surface area contributed by atoms with Gasteiger partial charge in [0.2, 0.25) is 5.95 Å². The summed E-state index contributed by atoms with van der Waals surface area (Å²) >= 11 is 1.70. The second kappa shape index (κ2) is 9.85. The number of rotatable bonds is 4. The molecule has 7 nitrogen and oxygen atoms in total. The Kier molecular flexibility index (Phi) is 7.82. The van der Waals surface area contributed by atoms with Crippen LogP contribution in [0.3, 0.4) is 0 Å². The van der Waals surface area contributed by atoms with E-state index >= 15 is 0 Å². The molecule has 1 aliphatic rings. The number of aliphatic imine (C=N–C) groups is 1. The van der Waals surface area contributed by atoms with E-state index in [1.165, 1.54) is 4.88 Å². The van der Waals surface area contributed by atoms with Crippen molar-refractivity contribution in [2.75, 3.05) is 37.6 Å². The average molecular weight is 473 g/mol. The smallest absolute Gasteiger partial charge is 0.225 e. The van der Waals surface area contributed by atoms with Crippen molar-refractivity contribution in [1.29, 1.82) is 0 Å². The van der Waals surface area contributed by atoms with Gasteiger partial charge in [0.05, 0.1) is 6.54 Å². The van der Waals surface area contributed by atoms with Crippen LogP contribution in [0.15, 0.2) is 29.6 Å². The standard InChI is InChI=1S/C16H23N7S.HI/c1-3-17-15(21-12-14-20-11-13(2)24-14)22-7-9-23(10-8-22)16-18-5-4-6-19-16;/h4-6,11H,3,7-10,12H2,1-2H3,(H,17,21);1H. The van der Waals surface area contributed by atoms with Crippen LogP contribution in [0.5, 0.6) is 0 Å². The highest BCUT2D eigenvalue weighted by Gasteiger charge is 2.21. The molecular weight excluding hydrogens is 449 g/mol. The van der Waals surface area contributed by atoms with Gasteiger partial charge < -0.3 is 15.1 Å². The summed E-state index contributed by atoms with van der Waals surface area (Å²) in [4.78, 5) is 23.5. The van der Waals surface area contributed by atoms with Crippen molar-refractivity contribution in [3.05, 3.63) is 34.5 Å². The molecule has 0 saturated carbocycles. The fraction of sp³-hybridized carbons (Fsp3) is 0.500. The Bertz CT molecular complexity index is 668. The van der Waals surface area contributed by atoms with Gasteiger partial charge in [-0.1, -0.05) is 0 Å². The summed E-state index contributed by atoms with van der Waals surface area (Å²) in [7, 11) is 0. The summed E-state index contributed by atoms with van der Waals surface area (Å²) in [6, 6.07) is 1.84. The van der Waals surface area contributed by atoms with Crippen LogP contribution in [0.25, 0.3) is 0 Å². The largest absolute Gasteiger partial charge is 0.357 e. The minimum atomic E-state index is 0. The molecule has 0 aliphatic carbocycles. The van der Waals surface area contributed by atoms with E-state index in [9.17, 15) is 0 Å². The first-order chi connectivity index (χ1) is 11.8. The number of anilines is 1. The first kappa shape index (κ1) is 19.8. The second-order valence-electron chi connectivity index (χ2n) is 5.56. The predicted molar refractivity (Wildman–Crippen MR) is 113 cm³/mol. The number of piperazine rings is 1. The van der Waals surface area contributed by atoms with E-state index < -0.39 is 0 Å². The van der Waals surface area contributed by atoms with Crippen LogP contribution in [0.2, 0.25) is 0 Å². The topological polar surface area (TPSA) is 69.5 Å². The Morgan fingerprint density at radius 2 is 1.92 bits per heavy atom. The highest BCUT2D eigenvalue weighted by atomic mass is 127. The molecule has 1 fully saturated rings. The summed E-state index contributed by atoms with van der Waals surface area (Å²) in [5.41, 5.74) is 0. The Balaban J connectivity index is 0.00000225. The van der Waals surface area contributed by atoms with Gasteiger partial charge in [0.1, 0.15) is 5.01 Å². The number of aromatic nitrogens is 3. The molecular formula is C16H24IN7S. The molecule has 0 radical (unpaired) electrons. The Hall–Kier alpha value is -1.49. The molecule has 2 aromatic heterocycles. The zero-order valence-corrected chi connectivity index (χ0v) is 17.7. The molecule has 0 aromatic carbocycles. The van der Waals surface area contributed by atoms with Gasteiger partial charge in [-0.2, -0.15) is 0 Å². The average Bonchev–Trinajstić information content (AvgIpc) is 3.05. The summed E-state index contributed by atoms with van der Waals surface area (Å²) in [6.07, 6.45) is 5.48. The molecule has 0 amide bonds. The molecule has 25 heavy (non-hydrogen) atoms. The van der Waals surface area contributed by atoms with Gasteiger partial charge in [-0.05, 0) is 19.9 Å². The number of aryl methyl sites for hydroxylation is 1. The van der Waals surface area contributed by atoms with Crippen LogP contribution >= 0.6 is 35.3 Å². The summed E-state index contributed by atoms with van der Waals surface area (Å²) in [5.74, 6) is 1.76. The fourth-order valence-electron chi connectivity index (χ4n) is 2.62. The van der Waals surface area contributed by atoms with Gasteiger partial charge in [-0.3, -0.25) is 0 Å². The predicted octanol–water partition coefficient (Wildman–Crippen LogP) is 2.15. The molecule has 2 aromatic rings. The number of guanidine groups is 1. The lowest BCUT2D eigenvalue weighted by atomic mass is 10.3. The monoisotopic (exact) mass is 473 g/mol. The lowest BCUT2D eigenvalue weighted by Gasteiger charge is -2.36. The first-order valence-electron chi connectivity index (χ1n) is 8.23. The van der Waals surface area contributed by atoms with Gasteiger partial charge in [0, 0.05) is 56.2 Å². The minimum absolute atomic E-state index is 0. The van der Waals surface area contributed by atoms with Gasteiger partial charge >= 0.3 is 0 Å². The fourth-order valence-corrected chi connectivity index (χ4v) is 3.33. The second-order valence-corrected chi connectivity index (χ2v) is 6.88. The Labute approximate surface area is 169 Å². The highest BCUT2D eigenvalue weighted by molar-refractivity contribution is 14.0. The van der Waals surface area contributed by atoms with Crippen molar-refractivity contribution in [1.82, 2.24) is 25.2 Å². The molecule has 0 unspecified atom stereocenters. The maximum absolute atomic E-state index is 4.75. The van der Waals surface area contributed by atoms with Crippen molar-refractivity contribution in [3.8, 4) is 0 Å². The third-order valence-electron chi connectivity index (χ3n) is 3.78.